The summed E-state index contributed by atoms with van der Waals surface area (Å²) < 4.78 is 10.5. The van der Waals surface area contributed by atoms with Crippen molar-refractivity contribution in [2.45, 2.75) is 32.0 Å². The number of rotatable bonds is 5. The summed E-state index contributed by atoms with van der Waals surface area (Å²) in [6.07, 6.45) is -1.34. The lowest BCUT2D eigenvalue weighted by Crippen LogP contribution is -2.48. The second-order valence-corrected chi connectivity index (χ2v) is 6.41. The van der Waals surface area contributed by atoms with E-state index in [1.807, 2.05) is 0 Å². The average Bonchev–Trinajstić information content (AvgIpc) is 3.06. The van der Waals surface area contributed by atoms with Crippen LogP contribution in [0.4, 0.5) is 0 Å². The Kier molecular flexibility index (Phi) is 3.42. The number of carbonyl (C=O) groups is 4. The molecule has 8 nitrogen and oxygen atoms in total. The van der Waals surface area contributed by atoms with E-state index in [-0.39, 0.29) is 24.3 Å². The van der Waals surface area contributed by atoms with Gasteiger partial charge in [-0.15, -0.1) is 0 Å². The van der Waals surface area contributed by atoms with Crippen molar-refractivity contribution in [3.8, 4) is 0 Å². The van der Waals surface area contributed by atoms with Gasteiger partial charge < -0.3 is 19.9 Å². The van der Waals surface area contributed by atoms with Crippen molar-refractivity contribution in [3.63, 3.8) is 0 Å². The number of carbonyl (C=O) groups excluding carboxylic acids is 3. The molecule has 2 N–H and O–H groups in total. The Balaban J connectivity index is 1.71. The molecule has 0 aromatic heterocycles. The molecule has 0 spiro atoms. The summed E-state index contributed by atoms with van der Waals surface area (Å²) in [7, 11) is 0. The van der Waals surface area contributed by atoms with Gasteiger partial charge >= 0.3 is 17.9 Å². The van der Waals surface area contributed by atoms with Crippen molar-refractivity contribution in [1.82, 2.24) is 5.32 Å². The molecule has 3 aliphatic rings. The molecule has 1 amide bonds. The van der Waals surface area contributed by atoms with Crippen LogP contribution in [0.25, 0.3) is 0 Å². The molecule has 0 radical (unpaired) electrons. The van der Waals surface area contributed by atoms with Crippen LogP contribution in [0, 0.1) is 17.3 Å². The largest absolute Gasteiger partial charge is 0.481 e. The zero-order valence-electron chi connectivity index (χ0n) is 12.5. The van der Waals surface area contributed by atoms with E-state index in [1.165, 1.54) is 6.92 Å². The zero-order valence-corrected chi connectivity index (χ0v) is 12.5. The number of esters is 2. The summed E-state index contributed by atoms with van der Waals surface area (Å²) >= 11 is 0. The normalized spacial score (nSPS) is 36.5. The van der Waals surface area contributed by atoms with E-state index in [9.17, 15) is 24.3 Å². The molecular formula is C15H17NO7. The molecule has 3 fully saturated rings. The van der Waals surface area contributed by atoms with Crippen LogP contribution in [0.5, 0.6) is 0 Å². The molecule has 1 saturated heterocycles. The first-order valence-electron chi connectivity index (χ1n) is 7.33. The Hall–Kier alpha value is -2.38. The maximum atomic E-state index is 11.9. The van der Waals surface area contributed by atoms with E-state index in [1.54, 1.807) is 0 Å². The molecule has 3 rings (SSSR count). The highest BCUT2D eigenvalue weighted by molar-refractivity contribution is 5.94. The van der Waals surface area contributed by atoms with Gasteiger partial charge in [-0.1, -0.05) is 6.58 Å². The number of carboxylic acid groups (broad SMARTS) is 1. The highest BCUT2D eigenvalue weighted by Crippen LogP contribution is 2.62. The highest BCUT2D eigenvalue weighted by atomic mass is 16.6. The fourth-order valence-electron chi connectivity index (χ4n) is 3.90. The standard InChI is InChI=1S/C15H17NO7/c1-6(2)12(18)16-5-9(17)22-11-10-7-3-15(11,14(20)21)4-8(7)13(19)23-10/h7-8,10-11H,1,3-5H2,2H3,(H,16,18)(H,20,21). The van der Waals surface area contributed by atoms with Crippen molar-refractivity contribution >= 4 is 23.8 Å². The maximum absolute atomic E-state index is 11.9. The van der Waals surface area contributed by atoms with E-state index in [0.717, 1.165) is 0 Å². The molecule has 0 aromatic rings. The SMILES string of the molecule is C=C(C)C(=O)NCC(=O)OC1C2OC(=O)C3CC1(C(=O)O)CC32. The lowest BCUT2D eigenvalue weighted by molar-refractivity contribution is -0.174. The number of hydrogen-bond donors (Lipinski definition) is 2. The fraction of sp³-hybridized carbons (Fsp3) is 0.600. The topological polar surface area (TPSA) is 119 Å². The first-order valence-corrected chi connectivity index (χ1v) is 7.33. The molecule has 2 bridgehead atoms. The molecule has 2 saturated carbocycles. The van der Waals surface area contributed by atoms with E-state index >= 15 is 0 Å². The third-order valence-corrected chi connectivity index (χ3v) is 4.99. The first-order chi connectivity index (χ1) is 10.8. The third-order valence-electron chi connectivity index (χ3n) is 4.99. The zero-order chi connectivity index (χ0) is 16.9. The number of fused-ring (bicyclic) bond motifs is 1. The van der Waals surface area contributed by atoms with Crippen LogP contribution >= 0.6 is 0 Å². The predicted molar refractivity (Wildman–Crippen MR) is 73.9 cm³/mol. The average molecular weight is 323 g/mol. The smallest absolute Gasteiger partial charge is 0.325 e. The lowest BCUT2D eigenvalue weighted by Gasteiger charge is -2.32. The summed E-state index contributed by atoms with van der Waals surface area (Å²) in [5, 5.41) is 11.9. The molecule has 23 heavy (non-hydrogen) atoms. The van der Waals surface area contributed by atoms with E-state index in [0.29, 0.717) is 0 Å². The monoisotopic (exact) mass is 323 g/mol. The molecular weight excluding hydrogens is 306 g/mol. The molecule has 8 heteroatoms. The Bertz CT molecular complexity index is 627. The minimum Gasteiger partial charge on any atom is -0.481 e. The highest BCUT2D eigenvalue weighted by Gasteiger charge is 2.73. The van der Waals surface area contributed by atoms with Gasteiger partial charge in [-0.25, -0.2) is 0 Å². The predicted octanol–water partition coefficient (Wildman–Crippen LogP) is -0.373. The van der Waals surface area contributed by atoms with Crippen LogP contribution in [-0.4, -0.2) is 47.7 Å². The van der Waals surface area contributed by atoms with Gasteiger partial charge in [-0.2, -0.15) is 0 Å². The van der Waals surface area contributed by atoms with Gasteiger partial charge in [-0.05, 0) is 19.8 Å². The van der Waals surface area contributed by atoms with Crippen LogP contribution < -0.4 is 5.32 Å². The lowest BCUT2D eigenvalue weighted by atomic mass is 9.78. The Morgan fingerprint density at radius 3 is 2.74 bits per heavy atom. The van der Waals surface area contributed by atoms with Crippen molar-refractivity contribution < 1.29 is 33.8 Å². The Morgan fingerprint density at radius 2 is 2.13 bits per heavy atom. The Morgan fingerprint density at radius 1 is 1.43 bits per heavy atom. The van der Waals surface area contributed by atoms with E-state index < -0.39 is 53.9 Å². The van der Waals surface area contributed by atoms with Crippen LogP contribution in [0.1, 0.15) is 19.8 Å². The second-order valence-electron chi connectivity index (χ2n) is 6.41. The van der Waals surface area contributed by atoms with Crippen LogP contribution in [-0.2, 0) is 28.7 Å². The maximum Gasteiger partial charge on any atom is 0.325 e. The van der Waals surface area contributed by atoms with Gasteiger partial charge in [-0.3, -0.25) is 19.2 Å². The third kappa shape index (κ3) is 2.20. The molecule has 5 unspecified atom stereocenters. The summed E-state index contributed by atoms with van der Waals surface area (Å²) in [6, 6.07) is 0. The quantitative estimate of drug-likeness (QED) is 0.523. The van der Waals surface area contributed by atoms with Gasteiger partial charge in [0, 0.05) is 11.5 Å². The molecule has 1 aliphatic heterocycles. The minimum absolute atomic E-state index is 0.123. The van der Waals surface area contributed by atoms with Gasteiger partial charge in [0.25, 0.3) is 0 Å². The van der Waals surface area contributed by atoms with Crippen molar-refractivity contribution in [3.05, 3.63) is 12.2 Å². The van der Waals surface area contributed by atoms with Crippen LogP contribution in [0.3, 0.4) is 0 Å². The summed E-state index contributed by atoms with van der Waals surface area (Å²) in [4.78, 5) is 46.8. The number of aliphatic carboxylic acids is 1. The Labute approximate surface area is 131 Å². The van der Waals surface area contributed by atoms with Gasteiger partial charge in [0.05, 0.1) is 5.92 Å². The summed E-state index contributed by atoms with van der Waals surface area (Å²) in [5.41, 5.74) is -1.03. The van der Waals surface area contributed by atoms with Crippen LogP contribution in [0.15, 0.2) is 12.2 Å². The second kappa shape index (κ2) is 5.07. The number of ether oxygens (including phenoxy) is 2. The molecule has 2 aliphatic carbocycles. The van der Waals surface area contributed by atoms with Crippen molar-refractivity contribution in [1.29, 1.82) is 0 Å². The molecule has 5 atom stereocenters. The molecule has 1 heterocycles. The number of nitrogens with one attached hydrogen (secondary N) is 1. The number of amides is 1. The van der Waals surface area contributed by atoms with Gasteiger partial charge in [0.2, 0.25) is 5.91 Å². The van der Waals surface area contributed by atoms with Gasteiger partial charge in [0.15, 0.2) is 6.10 Å². The number of carboxylic acids is 1. The first kappa shape index (κ1) is 15.5. The fourth-order valence-corrected chi connectivity index (χ4v) is 3.90. The minimum atomic E-state index is -1.28. The van der Waals surface area contributed by atoms with Gasteiger partial charge in [0.1, 0.15) is 18.1 Å². The van der Waals surface area contributed by atoms with Crippen molar-refractivity contribution in [2.75, 3.05) is 6.54 Å². The van der Waals surface area contributed by atoms with E-state index in [4.69, 9.17) is 9.47 Å². The van der Waals surface area contributed by atoms with Crippen molar-refractivity contribution in [2.24, 2.45) is 17.3 Å². The molecule has 124 valence electrons. The molecule has 0 aromatic carbocycles. The number of hydrogen-bond acceptors (Lipinski definition) is 6. The van der Waals surface area contributed by atoms with Crippen LogP contribution in [0.2, 0.25) is 0 Å². The summed E-state index contributed by atoms with van der Waals surface area (Å²) in [5.74, 6) is -3.41. The van der Waals surface area contributed by atoms with E-state index in [2.05, 4.69) is 11.9 Å². The summed E-state index contributed by atoms with van der Waals surface area (Å²) in [6.45, 7) is 4.54.